The Morgan fingerprint density at radius 2 is 1.81 bits per heavy atom. The van der Waals surface area contributed by atoms with Crippen molar-refractivity contribution in [1.82, 2.24) is 14.5 Å². The van der Waals surface area contributed by atoms with E-state index >= 15 is 0 Å². The van der Waals surface area contributed by atoms with Gasteiger partial charge in [-0.1, -0.05) is 24.3 Å². The summed E-state index contributed by atoms with van der Waals surface area (Å²) in [5.74, 6) is 0. The minimum absolute atomic E-state index is 0.274. The number of hydrogen-bond donors (Lipinski definition) is 1. The van der Waals surface area contributed by atoms with Gasteiger partial charge in [0.25, 0.3) is 0 Å². The Kier molecular flexibility index (Phi) is 5.37. The highest BCUT2D eigenvalue weighted by atomic mass is 32.2. The Labute approximate surface area is 128 Å². The Balaban J connectivity index is 1.97. The molecule has 6 heteroatoms. The third-order valence-corrected chi connectivity index (χ3v) is 5.46. The SMILES string of the molecule is CNC(CN1CCN(S(C)(=O)=O)CC1)c1ccccc1C. The molecular formula is C15H25N3O2S. The van der Waals surface area contributed by atoms with Crippen LogP contribution in [0.5, 0.6) is 0 Å². The summed E-state index contributed by atoms with van der Waals surface area (Å²) in [5, 5.41) is 3.37. The number of aryl methyl sites for hydroxylation is 1. The summed E-state index contributed by atoms with van der Waals surface area (Å²) in [7, 11) is -1.08. The molecule has 1 aromatic carbocycles. The molecule has 118 valence electrons. The summed E-state index contributed by atoms with van der Waals surface area (Å²) >= 11 is 0. The summed E-state index contributed by atoms with van der Waals surface area (Å²) in [6, 6.07) is 8.67. The van der Waals surface area contributed by atoms with Crippen molar-refractivity contribution in [3.63, 3.8) is 0 Å². The van der Waals surface area contributed by atoms with Crippen LogP contribution in [0, 0.1) is 6.92 Å². The Morgan fingerprint density at radius 1 is 1.19 bits per heavy atom. The summed E-state index contributed by atoms with van der Waals surface area (Å²) < 4.78 is 24.6. The first kappa shape index (κ1) is 16.4. The second-order valence-electron chi connectivity index (χ2n) is 5.66. The van der Waals surface area contributed by atoms with E-state index in [0.29, 0.717) is 13.1 Å². The first-order valence-corrected chi connectivity index (χ1v) is 9.17. The van der Waals surface area contributed by atoms with Gasteiger partial charge in [-0.25, -0.2) is 8.42 Å². The summed E-state index contributed by atoms with van der Waals surface area (Å²) in [6.07, 6.45) is 1.28. The molecule has 1 heterocycles. The van der Waals surface area contributed by atoms with Gasteiger partial charge >= 0.3 is 0 Å². The first-order valence-electron chi connectivity index (χ1n) is 7.32. The molecule has 21 heavy (non-hydrogen) atoms. The molecule has 5 nitrogen and oxygen atoms in total. The lowest BCUT2D eigenvalue weighted by Gasteiger charge is -2.35. The highest BCUT2D eigenvalue weighted by molar-refractivity contribution is 7.88. The second-order valence-corrected chi connectivity index (χ2v) is 7.64. The van der Waals surface area contributed by atoms with Crippen LogP contribution in [-0.2, 0) is 10.0 Å². The fraction of sp³-hybridized carbons (Fsp3) is 0.600. The van der Waals surface area contributed by atoms with Crippen molar-refractivity contribution < 1.29 is 8.42 Å². The van der Waals surface area contributed by atoms with Crippen LogP contribution in [0.15, 0.2) is 24.3 Å². The molecule has 1 fully saturated rings. The molecule has 2 rings (SSSR count). The van der Waals surface area contributed by atoms with E-state index in [2.05, 4.69) is 41.4 Å². The molecule has 0 bridgehead atoms. The van der Waals surface area contributed by atoms with Crippen molar-refractivity contribution >= 4 is 10.0 Å². The third-order valence-electron chi connectivity index (χ3n) is 4.15. The van der Waals surface area contributed by atoms with Crippen molar-refractivity contribution in [2.75, 3.05) is 46.0 Å². The molecule has 0 spiro atoms. The molecule has 1 aromatic rings. The van der Waals surface area contributed by atoms with Crippen molar-refractivity contribution in [3.05, 3.63) is 35.4 Å². The van der Waals surface area contributed by atoms with E-state index in [1.54, 1.807) is 4.31 Å². The largest absolute Gasteiger partial charge is 0.312 e. The second kappa shape index (κ2) is 6.87. The maximum atomic E-state index is 11.5. The van der Waals surface area contributed by atoms with Gasteiger partial charge in [0, 0.05) is 38.8 Å². The number of benzene rings is 1. The predicted molar refractivity (Wildman–Crippen MR) is 85.8 cm³/mol. The fourth-order valence-corrected chi connectivity index (χ4v) is 3.65. The molecule has 1 N–H and O–H groups in total. The van der Waals surface area contributed by atoms with Crippen LogP contribution in [0.3, 0.4) is 0 Å². The highest BCUT2D eigenvalue weighted by Crippen LogP contribution is 2.19. The zero-order valence-electron chi connectivity index (χ0n) is 13.0. The van der Waals surface area contributed by atoms with E-state index in [1.807, 2.05) is 7.05 Å². The zero-order valence-corrected chi connectivity index (χ0v) is 13.9. The molecule has 1 saturated heterocycles. The number of hydrogen-bond acceptors (Lipinski definition) is 4. The number of nitrogens with one attached hydrogen (secondary N) is 1. The summed E-state index contributed by atoms with van der Waals surface area (Å²) in [5.41, 5.74) is 2.59. The topological polar surface area (TPSA) is 52.6 Å². The lowest BCUT2D eigenvalue weighted by atomic mass is 10.0. The van der Waals surface area contributed by atoms with Crippen LogP contribution in [0.1, 0.15) is 17.2 Å². The molecule has 0 radical (unpaired) electrons. The fourth-order valence-electron chi connectivity index (χ4n) is 2.82. The maximum absolute atomic E-state index is 11.5. The van der Waals surface area contributed by atoms with Crippen molar-refractivity contribution in [1.29, 1.82) is 0 Å². The highest BCUT2D eigenvalue weighted by Gasteiger charge is 2.25. The van der Waals surface area contributed by atoms with Crippen LogP contribution in [0.4, 0.5) is 0 Å². The number of piperazine rings is 1. The monoisotopic (exact) mass is 311 g/mol. The summed E-state index contributed by atoms with van der Waals surface area (Å²) in [6.45, 7) is 5.78. The van der Waals surface area contributed by atoms with Gasteiger partial charge in [-0.15, -0.1) is 0 Å². The van der Waals surface area contributed by atoms with Gasteiger partial charge in [0.2, 0.25) is 10.0 Å². The van der Waals surface area contributed by atoms with Crippen LogP contribution in [-0.4, -0.2) is 63.7 Å². The number of sulfonamides is 1. The molecule has 1 unspecified atom stereocenters. The summed E-state index contributed by atoms with van der Waals surface area (Å²) in [4.78, 5) is 2.33. The average molecular weight is 311 g/mol. The van der Waals surface area contributed by atoms with Gasteiger partial charge in [0.15, 0.2) is 0 Å². The van der Waals surface area contributed by atoms with Crippen LogP contribution >= 0.6 is 0 Å². The third kappa shape index (κ3) is 4.26. The van der Waals surface area contributed by atoms with E-state index in [-0.39, 0.29) is 6.04 Å². The molecule has 0 saturated carbocycles. The molecule has 0 amide bonds. The zero-order chi connectivity index (χ0) is 15.5. The molecule has 1 atom stereocenters. The Hall–Kier alpha value is -0.950. The molecule has 1 aliphatic heterocycles. The molecule has 1 aliphatic rings. The van der Waals surface area contributed by atoms with E-state index in [1.165, 1.54) is 17.4 Å². The van der Waals surface area contributed by atoms with Crippen molar-refractivity contribution in [2.45, 2.75) is 13.0 Å². The normalized spacial score (nSPS) is 19.6. The van der Waals surface area contributed by atoms with E-state index in [9.17, 15) is 8.42 Å². The smallest absolute Gasteiger partial charge is 0.211 e. The van der Waals surface area contributed by atoms with Gasteiger partial charge in [0.05, 0.1) is 6.26 Å². The van der Waals surface area contributed by atoms with Crippen LogP contribution < -0.4 is 5.32 Å². The molecule has 0 aliphatic carbocycles. The van der Waals surface area contributed by atoms with Gasteiger partial charge < -0.3 is 5.32 Å². The first-order chi connectivity index (χ1) is 9.91. The Bertz CT molecular complexity index is 566. The van der Waals surface area contributed by atoms with Crippen molar-refractivity contribution in [3.8, 4) is 0 Å². The minimum atomic E-state index is -3.05. The van der Waals surface area contributed by atoms with Gasteiger partial charge in [-0.2, -0.15) is 4.31 Å². The number of likely N-dealkylation sites (N-methyl/N-ethyl adjacent to an activating group) is 1. The lowest BCUT2D eigenvalue weighted by molar-refractivity contribution is 0.174. The quantitative estimate of drug-likeness (QED) is 0.875. The Morgan fingerprint density at radius 3 is 2.33 bits per heavy atom. The molecule has 0 aromatic heterocycles. The van der Waals surface area contributed by atoms with Crippen molar-refractivity contribution in [2.24, 2.45) is 0 Å². The molecular weight excluding hydrogens is 286 g/mol. The van der Waals surface area contributed by atoms with E-state index in [4.69, 9.17) is 0 Å². The lowest BCUT2D eigenvalue weighted by Crippen LogP contribution is -2.50. The van der Waals surface area contributed by atoms with Gasteiger partial charge in [0.1, 0.15) is 0 Å². The number of rotatable bonds is 5. The number of nitrogens with zero attached hydrogens (tertiary/aromatic N) is 2. The van der Waals surface area contributed by atoms with Gasteiger partial charge in [-0.05, 0) is 25.1 Å². The van der Waals surface area contributed by atoms with E-state index in [0.717, 1.165) is 19.6 Å². The van der Waals surface area contributed by atoms with Crippen LogP contribution in [0.2, 0.25) is 0 Å². The van der Waals surface area contributed by atoms with E-state index < -0.39 is 10.0 Å². The van der Waals surface area contributed by atoms with Gasteiger partial charge in [-0.3, -0.25) is 4.90 Å². The standard InChI is InChI=1S/C15H25N3O2S/c1-13-6-4-5-7-14(13)15(16-2)12-17-8-10-18(11-9-17)21(3,19)20/h4-7,15-16H,8-12H2,1-3H3. The minimum Gasteiger partial charge on any atom is -0.312 e. The maximum Gasteiger partial charge on any atom is 0.211 e. The predicted octanol–water partition coefficient (Wildman–Crippen LogP) is 0.833. The average Bonchev–Trinajstić information content (AvgIpc) is 2.45. The van der Waals surface area contributed by atoms with Crippen LogP contribution in [0.25, 0.3) is 0 Å².